The number of fused-ring (bicyclic) bond motifs is 1. The van der Waals surface area contributed by atoms with E-state index in [1.54, 1.807) is 0 Å². The molecule has 0 radical (unpaired) electrons. The van der Waals surface area contributed by atoms with Crippen molar-refractivity contribution in [1.29, 1.82) is 0 Å². The molecule has 0 aliphatic carbocycles. The van der Waals surface area contributed by atoms with Gasteiger partial charge in [-0.15, -0.1) is 0 Å². The molecule has 0 amide bonds. The molecule has 2 rings (SSSR count). The summed E-state index contributed by atoms with van der Waals surface area (Å²) in [6.07, 6.45) is 6.22. The summed E-state index contributed by atoms with van der Waals surface area (Å²) in [4.78, 5) is 27.3. The summed E-state index contributed by atoms with van der Waals surface area (Å²) in [5.41, 5.74) is -1.00. The fraction of sp³-hybridized carbons (Fsp3) is 0.556. The zero-order chi connectivity index (χ0) is 24.2. The van der Waals surface area contributed by atoms with Gasteiger partial charge in [-0.2, -0.15) is 0 Å². The van der Waals surface area contributed by atoms with Gasteiger partial charge in [0, 0.05) is 24.7 Å². The normalized spacial score (nSPS) is 13.0. The Labute approximate surface area is 192 Å². The minimum atomic E-state index is -1.48. The lowest BCUT2D eigenvalue weighted by atomic mass is 9.79. The van der Waals surface area contributed by atoms with Crippen molar-refractivity contribution in [2.24, 2.45) is 12.5 Å². The van der Waals surface area contributed by atoms with Gasteiger partial charge in [-0.1, -0.05) is 43.7 Å². The number of esters is 2. The van der Waals surface area contributed by atoms with Gasteiger partial charge in [-0.05, 0) is 71.9 Å². The van der Waals surface area contributed by atoms with Gasteiger partial charge in [0.25, 0.3) is 0 Å². The van der Waals surface area contributed by atoms with Crippen LogP contribution in [0.5, 0.6) is 0 Å². The maximum atomic E-state index is 13.6. The van der Waals surface area contributed by atoms with Gasteiger partial charge in [0.2, 0.25) is 0 Å². The van der Waals surface area contributed by atoms with Crippen molar-refractivity contribution in [3.8, 4) is 0 Å². The second-order valence-electron chi connectivity index (χ2n) is 10.5. The summed E-state index contributed by atoms with van der Waals surface area (Å²) in [7, 11) is 1.96. The number of aryl methyl sites for hydroxylation is 1. The predicted molar refractivity (Wildman–Crippen MR) is 129 cm³/mol. The first-order valence-corrected chi connectivity index (χ1v) is 11.4. The number of rotatable bonds is 8. The van der Waals surface area contributed by atoms with Crippen LogP contribution in [0.2, 0.25) is 0 Å². The number of unbranched alkanes of at least 4 members (excludes halogenated alkanes) is 1. The van der Waals surface area contributed by atoms with Crippen LogP contribution in [0, 0.1) is 5.41 Å². The highest BCUT2D eigenvalue weighted by molar-refractivity contribution is 6.01. The molecule has 0 fully saturated rings. The standard InChI is InChI=1S/C27H39NO4/c1-9-10-11-14-17-27(23(29)31-25(2,3)4,24(30)32-26(5,6)7)19-21-18-20-15-12-13-16-22(20)28(21)8/h11-16,18H,9-10,17,19H2,1-8H3/b14-11-. The highest BCUT2D eigenvalue weighted by Gasteiger charge is 2.51. The topological polar surface area (TPSA) is 57.5 Å². The third kappa shape index (κ3) is 6.47. The number of nitrogens with zero attached hydrogens (tertiary/aromatic N) is 1. The molecular weight excluding hydrogens is 402 g/mol. The lowest BCUT2D eigenvalue weighted by Crippen LogP contribution is -2.48. The highest BCUT2D eigenvalue weighted by Crippen LogP contribution is 2.36. The highest BCUT2D eigenvalue weighted by atomic mass is 16.6. The molecule has 1 aromatic heterocycles. The fourth-order valence-corrected chi connectivity index (χ4v) is 3.61. The minimum absolute atomic E-state index is 0.193. The molecule has 0 saturated carbocycles. The Morgan fingerprint density at radius 1 is 0.938 bits per heavy atom. The van der Waals surface area contributed by atoms with E-state index in [-0.39, 0.29) is 12.8 Å². The first-order chi connectivity index (χ1) is 14.8. The van der Waals surface area contributed by atoms with Crippen molar-refractivity contribution in [3.63, 3.8) is 0 Å². The molecule has 0 saturated heterocycles. The van der Waals surface area contributed by atoms with Crippen LogP contribution in [0.25, 0.3) is 10.9 Å². The van der Waals surface area contributed by atoms with Crippen molar-refractivity contribution >= 4 is 22.8 Å². The Hall–Kier alpha value is -2.56. The average molecular weight is 442 g/mol. The van der Waals surface area contributed by atoms with Gasteiger partial charge >= 0.3 is 11.9 Å². The Morgan fingerprint density at radius 2 is 1.50 bits per heavy atom. The summed E-state index contributed by atoms with van der Waals surface area (Å²) in [5.74, 6) is -1.10. The van der Waals surface area contributed by atoms with Crippen LogP contribution < -0.4 is 0 Å². The van der Waals surface area contributed by atoms with Crippen LogP contribution in [0.4, 0.5) is 0 Å². The molecule has 5 nitrogen and oxygen atoms in total. The van der Waals surface area contributed by atoms with E-state index in [1.165, 1.54) is 0 Å². The third-order valence-electron chi connectivity index (χ3n) is 5.20. The second kappa shape index (κ2) is 9.93. The van der Waals surface area contributed by atoms with E-state index in [2.05, 4.69) is 6.92 Å². The molecule has 0 bridgehead atoms. The minimum Gasteiger partial charge on any atom is -0.459 e. The molecule has 2 aromatic rings. The number of carbonyl (C=O) groups is 2. The second-order valence-corrected chi connectivity index (χ2v) is 10.5. The van der Waals surface area contributed by atoms with Gasteiger partial charge in [-0.25, -0.2) is 0 Å². The number of benzene rings is 1. The van der Waals surface area contributed by atoms with Crippen molar-refractivity contribution in [2.45, 2.75) is 85.4 Å². The van der Waals surface area contributed by atoms with Gasteiger partial charge in [0.15, 0.2) is 5.41 Å². The Morgan fingerprint density at radius 3 is 2.00 bits per heavy atom. The molecule has 0 unspecified atom stereocenters. The van der Waals surface area contributed by atoms with Crippen molar-refractivity contribution < 1.29 is 19.1 Å². The van der Waals surface area contributed by atoms with Crippen LogP contribution in [0.1, 0.15) is 73.4 Å². The van der Waals surface area contributed by atoms with E-state index >= 15 is 0 Å². The predicted octanol–water partition coefficient (Wildman–Crippen LogP) is 6.14. The average Bonchev–Trinajstić information content (AvgIpc) is 2.97. The molecule has 5 heteroatoms. The zero-order valence-electron chi connectivity index (χ0n) is 21.0. The summed E-state index contributed by atoms with van der Waals surface area (Å²) >= 11 is 0. The summed E-state index contributed by atoms with van der Waals surface area (Å²) in [6.45, 7) is 13.0. The molecule has 1 aromatic carbocycles. The Balaban J connectivity index is 2.61. The molecule has 0 N–H and O–H groups in total. The number of ether oxygens (including phenoxy) is 2. The fourth-order valence-electron chi connectivity index (χ4n) is 3.61. The van der Waals surface area contributed by atoms with Crippen molar-refractivity contribution in [2.75, 3.05) is 0 Å². The number of allylic oxidation sites excluding steroid dienone is 2. The van der Waals surface area contributed by atoms with E-state index in [0.717, 1.165) is 29.4 Å². The molecule has 0 spiro atoms. The van der Waals surface area contributed by atoms with Gasteiger partial charge in [0.05, 0.1) is 0 Å². The van der Waals surface area contributed by atoms with E-state index in [4.69, 9.17) is 9.47 Å². The Kier molecular flexibility index (Phi) is 7.97. The molecule has 32 heavy (non-hydrogen) atoms. The maximum absolute atomic E-state index is 13.6. The molecule has 0 aliphatic rings. The summed E-state index contributed by atoms with van der Waals surface area (Å²) in [6, 6.07) is 10.1. The van der Waals surface area contributed by atoms with E-state index in [0.29, 0.717) is 0 Å². The Bertz CT molecular complexity index is 942. The van der Waals surface area contributed by atoms with Crippen LogP contribution >= 0.6 is 0 Å². The van der Waals surface area contributed by atoms with E-state index < -0.39 is 28.6 Å². The van der Waals surface area contributed by atoms with Gasteiger partial charge in [-0.3, -0.25) is 9.59 Å². The number of para-hydroxylation sites is 1. The van der Waals surface area contributed by atoms with Gasteiger partial charge < -0.3 is 14.0 Å². The first-order valence-electron chi connectivity index (χ1n) is 11.4. The maximum Gasteiger partial charge on any atom is 0.324 e. The molecule has 0 aliphatic heterocycles. The molecule has 1 heterocycles. The van der Waals surface area contributed by atoms with Crippen LogP contribution in [0.15, 0.2) is 42.5 Å². The smallest absolute Gasteiger partial charge is 0.324 e. The lowest BCUT2D eigenvalue weighted by molar-refractivity contribution is -0.185. The summed E-state index contributed by atoms with van der Waals surface area (Å²) < 4.78 is 13.6. The number of hydrogen-bond donors (Lipinski definition) is 0. The number of hydrogen-bond acceptors (Lipinski definition) is 4. The summed E-state index contributed by atoms with van der Waals surface area (Å²) in [5, 5.41) is 1.06. The van der Waals surface area contributed by atoms with Crippen LogP contribution in [0.3, 0.4) is 0 Å². The van der Waals surface area contributed by atoms with Crippen molar-refractivity contribution in [3.05, 3.63) is 48.2 Å². The van der Waals surface area contributed by atoms with E-state index in [1.807, 2.05) is 95.6 Å². The monoisotopic (exact) mass is 441 g/mol. The van der Waals surface area contributed by atoms with Gasteiger partial charge in [0.1, 0.15) is 11.2 Å². The SMILES string of the molecule is CCC/C=C\CC(Cc1cc2ccccc2n1C)(C(=O)OC(C)(C)C)C(=O)OC(C)(C)C. The first kappa shape index (κ1) is 25.7. The number of carbonyl (C=O) groups excluding carboxylic acids is 2. The van der Waals surface area contributed by atoms with Crippen LogP contribution in [-0.2, 0) is 32.5 Å². The van der Waals surface area contributed by atoms with Crippen LogP contribution in [-0.4, -0.2) is 27.7 Å². The third-order valence-corrected chi connectivity index (χ3v) is 5.20. The zero-order valence-corrected chi connectivity index (χ0v) is 21.0. The molecule has 0 atom stereocenters. The van der Waals surface area contributed by atoms with Crippen molar-refractivity contribution in [1.82, 2.24) is 4.57 Å². The van der Waals surface area contributed by atoms with E-state index in [9.17, 15) is 9.59 Å². The number of aromatic nitrogens is 1. The largest absolute Gasteiger partial charge is 0.459 e. The molecule has 176 valence electrons. The quantitative estimate of drug-likeness (QED) is 0.281. The lowest BCUT2D eigenvalue weighted by Gasteiger charge is -2.34. The molecular formula is C27H39NO4.